The molecule has 0 bridgehead atoms. The molecule has 0 radical (unpaired) electrons. The first-order valence-electron chi connectivity index (χ1n) is 5.74. The molecule has 0 saturated carbocycles. The lowest BCUT2D eigenvalue weighted by atomic mass is 9.97. The van der Waals surface area contributed by atoms with Gasteiger partial charge >= 0.3 is 0 Å². The van der Waals surface area contributed by atoms with Crippen molar-refractivity contribution in [2.24, 2.45) is 0 Å². The molecule has 1 rings (SSSR count). The summed E-state index contributed by atoms with van der Waals surface area (Å²) < 4.78 is 27.7. The zero-order valence-corrected chi connectivity index (χ0v) is 12.9. The molecule has 0 fully saturated rings. The monoisotopic (exact) mass is 335 g/mol. The topological polar surface area (TPSA) is 66.4 Å². The first-order valence-corrected chi connectivity index (χ1v) is 8.01. The zero-order valence-electron chi connectivity index (χ0n) is 10.5. The molecule has 2 N–H and O–H groups in total. The van der Waals surface area contributed by atoms with Crippen molar-refractivity contribution in [2.45, 2.75) is 37.1 Å². The summed E-state index contributed by atoms with van der Waals surface area (Å²) in [5.41, 5.74) is -0.636. The van der Waals surface area contributed by atoms with E-state index in [1.807, 2.05) is 6.92 Å². The van der Waals surface area contributed by atoms with Crippen molar-refractivity contribution in [3.8, 4) is 0 Å². The Morgan fingerprint density at radius 3 is 2.50 bits per heavy atom. The highest BCUT2D eigenvalue weighted by atomic mass is 79.9. The Bertz CT molecular complexity index is 504. The molecule has 18 heavy (non-hydrogen) atoms. The number of benzene rings is 1. The van der Waals surface area contributed by atoms with Crippen LogP contribution in [0.2, 0.25) is 0 Å². The molecule has 0 saturated heterocycles. The van der Waals surface area contributed by atoms with Crippen LogP contribution in [0.25, 0.3) is 0 Å². The highest BCUT2D eigenvalue weighted by Gasteiger charge is 2.29. The van der Waals surface area contributed by atoms with E-state index in [4.69, 9.17) is 5.11 Å². The fourth-order valence-corrected chi connectivity index (χ4v) is 4.10. The van der Waals surface area contributed by atoms with Crippen LogP contribution in [0.3, 0.4) is 0 Å². The lowest BCUT2D eigenvalue weighted by molar-refractivity contribution is 0.233. The number of hydrogen-bond donors (Lipinski definition) is 2. The van der Waals surface area contributed by atoms with E-state index in [0.29, 0.717) is 17.3 Å². The Morgan fingerprint density at radius 1 is 1.39 bits per heavy atom. The fourth-order valence-electron chi connectivity index (χ4n) is 1.59. The maximum Gasteiger partial charge on any atom is 0.242 e. The van der Waals surface area contributed by atoms with Gasteiger partial charge in [-0.2, -0.15) is 0 Å². The Hall–Kier alpha value is -0.430. The first kappa shape index (κ1) is 15.6. The van der Waals surface area contributed by atoms with Crippen LogP contribution in [0.4, 0.5) is 0 Å². The molecule has 0 aliphatic rings. The molecule has 1 aromatic rings. The van der Waals surface area contributed by atoms with Gasteiger partial charge in [0.15, 0.2) is 0 Å². The van der Waals surface area contributed by atoms with Gasteiger partial charge in [0.05, 0.1) is 4.90 Å². The molecule has 102 valence electrons. The highest BCUT2D eigenvalue weighted by Crippen LogP contribution is 2.24. The fraction of sp³-hybridized carbons (Fsp3) is 0.500. The minimum atomic E-state index is -3.59. The summed E-state index contributed by atoms with van der Waals surface area (Å²) in [5.74, 6) is 0. The smallest absolute Gasteiger partial charge is 0.242 e. The second kappa shape index (κ2) is 6.14. The van der Waals surface area contributed by atoms with Crippen LogP contribution < -0.4 is 4.72 Å². The lowest BCUT2D eigenvalue weighted by Crippen LogP contribution is -2.46. The van der Waals surface area contributed by atoms with E-state index in [2.05, 4.69) is 20.7 Å². The molecule has 0 aromatic heterocycles. The summed E-state index contributed by atoms with van der Waals surface area (Å²) in [6.07, 6.45) is 0.991. The minimum Gasteiger partial charge on any atom is -0.396 e. The van der Waals surface area contributed by atoms with Crippen LogP contribution in [-0.2, 0) is 10.0 Å². The van der Waals surface area contributed by atoms with Gasteiger partial charge in [-0.05, 0) is 47.8 Å². The molecule has 0 aliphatic heterocycles. The van der Waals surface area contributed by atoms with Crippen LogP contribution >= 0.6 is 15.9 Å². The standard InChI is InChI=1S/C12H18BrNO3S/c1-3-12(2,8-9-15)14-18(16,17)11-7-5-4-6-10(11)13/h4-7,14-15H,3,8-9H2,1-2H3. The normalized spacial score (nSPS) is 15.3. The van der Waals surface area contributed by atoms with Crippen LogP contribution in [-0.4, -0.2) is 25.7 Å². The second-order valence-electron chi connectivity index (χ2n) is 4.42. The number of nitrogens with one attached hydrogen (secondary N) is 1. The van der Waals surface area contributed by atoms with Gasteiger partial charge in [-0.3, -0.25) is 0 Å². The highest BCUT2D eigenvalue weighted by molar-refractivity contribution is 9.10. The van der Waals surface area contributed by atoms with E-state index in [1.54, 1.807) is 31.2 Å². The number of halogens is 1. The molecule has 4 nitrogen and oxygen atoms in total. The number of sulfonamides is 1. The van der Waals surface area contributed by atoms with E-state index in [0.717, 1.165) is 0 Å². The van der Waals surface area contributed by atoms with Gasteiger partial charge in [0, 0.05) is 16.6 Å². The average molecular weight is 336 g/mol. The van der Waals surface area contributed by atoms with E-state index in [9.17, 15) is 8.42 Å². The van der Waals surface area contributed by atoms with Crippen molar-refractivity contribution in [1.82, 2.24) is 4.72 Å². The van der Waals surface area contributed by atoms with Crippen molar-refractivity contribution < 1.29 is 13.5 Å². The molecule has 0 heterocycles. The molecule has 0 amide bonds. The maximum absolute atomic E-state index is 12.3. The van der Waals surface area contributed by atoms with Crippen LogP contribution in [0.5, 0.6) is 0 Å². The van der Waals surface area contributed by atoms with Crippen molar-refractivity contribution in [1.29, 1.82) is 0 Å². The number of rotatable bonds is 6. The van der Waals surface area contributed by atoms with E-state index < -0.39 is 15.6 Å². The van der Waals surface area contributed by atoms with Gasteiger partial charge in [0.2, 0.25) is 10.0 Å². The molecule has 1 aromatic carbocycles. The second-order valence-corrected chi connectivity index (χ2v) is 6.93. The van der Waals surface area contributed by atoms with Gasteiger partial charge < -0.3 is 5.11 Å². The third-order valence-corrected chi connectivity index (χ3v) is 5.60. The summed E-state index contributed by atoms with van der Waals surface area (Å²) in [4.78, 5) is 0.211. The molecule has 1 atom stereocenters. The summed E-state index contributed by atoms with van der Waals surface area (Å²) >= 11 is 3.23. The summed E-state index contributed by atoms with van der Waals surface area (Å²) in [6, 6.07) is 6.66. The third-order valence-electron chi connectivity index (χ3n) is 2.95. The van der Waals surface area contributed by atoms with Gasteiger partial charge in [0.25, 0.3) is 0 Å². The summed E-state index contributed by atoms with van der Waals surface area (Å²) in [7, 11) is -3.59. The molecular weight excluding hydrogens is 318 g/mol. The van der Waals surface area contributed by atoms with Gasteiger partial charge in [0.1, 0.15) is 0 Å². The van der Waals surface area contributed by atoms with Crippen molar-refractivity contribution >= 4 is 26.0 Å². The number of aliphatic hydroxyl groups excluding tert-OH is 1. The van der Waals surface area contributed by atoms with Crippen molar-refractivity contribution in [2.75, 3.05) is 6.61 Å². The summed E-state index contributed by atoms with van der Waals surface area (Å²) in [5, 5.41) is 9.01. The van der Waals surface area contributed by atoms with Crippen LogP contribution in [0.1, 0.15) is 26.7 Å². The summed E-state index contributed by atoms with van der Waals surface area (Å²) in [6.45, 7) is 3.62. The van der Waals surface area contributed by atoms with E-state index >= 15 is 0 Å². The van der Waals surface area contributed by atoms with Crippen LogP contribution in [0, 0.1) is 0 Å². The Labute approximate surface area is 117 Å². The zero-order chi connectivity index (χ0) is 13.8. The van der Waals surface area contributed by atoms with Gasteiger partial charge in [-0.25, -0.2) is 13.1 Å². The molecule has 1 unspecified atom stereocenters. The predicted octanol–water partition coefficient (Wildman–Crippen LogP) is 2.28. The molecule has 0 spiro atoms. The van der Waals surface area contributed by atoms with Crippen molar-refractivity contribution in [3.05, 3.63) is 28.7 Å². The Morgan fingerprint density at radius 2 is 2.00 bits per heavy atom. The lowest BCUT2D eigenvalue weighted by Gasteiger charge is -2.28. The molecule has 6 heteroatoms. The number of aliphatic hydroxyl groups is 1. The van der Waals surface area contributed by atoms with E-state index in [-0.39, 0.29) is 11.5 Å². The first-order chi connectivity index (χ1) is 8.34. The van der Waals surface area contributed by atoms with Crippen LogP contribution in [0.15, 0.2) is 33.6 Å². The average Bonchev–Trinajstić information content (AvgIpc) is 2.29. The Kier molecular flexibility index (Phi) is 5.33. The predicted molar refractivity (Wildman–Crippen MR) is 74.9 cm³/mol. The third kappa shape index (κ3) is 3.78. The Balaban J connectivity index is 3.06. The quantitative estimate of drug-likeness (QED) is 0.838. The minimum absolute atomic E-state index is 0.0528. The van der Waals surface area contributed by atoms with E-state index in [1.165, 1.54) is 0 Å². The molecular formula is C12H18BrNO3S. The van der Waals surface area contributed by atoms with Crippen molar-refractivity contribution in [3.63, 3.8) is 0 Å². The molecule has 0 aliphatic carbocycles. The SMILES string of the molecule is CCC(C)(CCO)NS(=O)(=O)c1ccccc1Br. The van der Waals surface area contributed by atoms with Gasteiger partial charge in [-0.15, -0.1) is 0 Å². The maximum atomic E-state index is 12.3. The largest absolute Gasteiger partial charge is 0.396 e. The number of hydrogen-bond acceptors (Lipinski definition) is 3. The van der Waals surface area contributed by atoms with Gasteiger partial charge in [-0.1, -0.05) is 19.1 Å².